The predicted octanol–water partition coefficient (Wildman–Crippen LogP) is 1.02. The summed E-state index contributed by atoms with van der Waals surface area (Å²) in [5, 5.41) is 16.6. The first kappa shape index (κ1) is 22.5. The van der Waals surface area contributed by atoms with E-state index in [0.29, 0.717) is 31.3 Å². The number of nitrogens with one attached hydrogen (secondary N) is 2. The number of amides is 3. The fourth-order valence-electron chi connectivity index (χ4n) is 6.09. The maximum Gasteiger partial charge on any atom is 0.255 e. The molecule has 0 spiro atoms. The van der Waals surface area contributed by atoms with Gasteiger partial charge in [0.05, 0.1) is 6.10 Å². The Morgan fingerprint density at radius 3 is 2.45 bits per heavy atom. The molecule has 0 bridgehead atoms. The van der Waals surface area contributed by atoms with Crippen LogP contribution in [0.25, 0.3) is 0 Å². The number of carbonyl (C=O) groups is 3. The molecule has 8 nitrogen and oxygen atoms in total. The molecule has 0 saturated carbocycles. The molecule has 4 aliphatic heterocycles. The lowest BCUT2D eigenvalue weighted by molar-refractivity contribution is -0.136. The summed E-state index contributed by atoms with van der Waals surface area (Å²) in [6, 6.07) is 5.39. The Balaban J connectivity index is 1.21. The second-order valence-electron chi connectivity index (χ2n) is 10.0. The van der Waals surface area contributed by atoms with Crippen molar-refractivity contribution in [3.8, 4) is 0 Å². The van der Waals surface area contributed by atoms with Crippen LogP contribution in [0.15, 0.2) is 18.2 Å². The second-order valence-corrected chi connectivity index (χ2v) is 10.0. The number of nitrogens with zero attached hydrogens (tertiary/aromatic N) is 2. The van der Waals surface area contributed by atoms with Crippen molar-refractivity contribution in [2.24, 2.45) is 11.8 Å². The molecule has 8 heteroatoms. The van der Waals surface area contributed by atoms with E-state index in [9.17, 15) is 19.5 Å². The first-order chi connectivity index (χ1) is 16.0. The number of fused-ring (bicyclic) bond motifs is 1. The monoisotopic (exact) mass is 454 g/mol. The molecule has 4 aliphatic rings. The Hall–Kier alpha value is -2.29. The zero-order valence-corrected chi connectivity index (χ0v) is 19.1. The van der Waals surface area contributed by atoms with Crippen LogP contribution in [0.5, 0.6) is 0 Å². The number of aliphatic hydroxyl groups excluding tert-OH is 1. The third kappa shape index (κ3) is 4.56. The number of aliphatic hydroxyl groups is 1. The van der Waals surface area contributed by atoms with Gasteiger partial charge in [0, 0.05) is 25.1 Å². The van der Waals surface area contributed by atoms with Crippen LogP contribution in [-0.2, 0) is 22.7 Å². The zero-order valence-electron chi connectivity index (χ0n) is 19.1. The molecule has 2 unspecified atom stereocenters. The summed E-state index contributed by atoms with van der Waals surface area (Å²) in [6.07, 6.45) is 4.52. The van der Waals surface area contributed by atoms with Gasteiger partial charge in [-0.1, -0.05) is 18.2 Å². The molecule has 1 aromatic carbocycles. The average molecular weight is 455 g/mol. The molecular weight excluding hydrogens is 420 g/mol. The largest absolute Gasteiger partial charge is 0.393 e. The summed E-state index contributed by atoms with van der Waals surface area (Å²) in [4.78, 5) is 41.1. The molecule has 3 amide bonds. The predicted molar refractivity (Wildman–Crippen MR) is 122 cm³/mol. The summed E-state index contributed by atoms with van der Waals surface area (Å²) >= 11 is 0. The Labute approximate surface area is 194 Å². The van der Waals surface area contributed by atoms with Crippen LogP contribution >= 0.6 is 0 Å². The van der Waals surface area contributed by atoms with Gasteiger partial charge >= 0.3 is 0 Å². The van der Waals surface area contributed by atoms with Gasteiger partial charge in [-0.2, -0.15) is 0 Å². The third-order valence-corrected chi connectivity index (χ3v) is 8.01. The molecule has 33 heavy (non-hydrogen) atoms. The minimum atomic E-state index is -0.581. The van der Waals surface area contributed by atoms with E-state index in [1.54, 1.807) is 4.90 Å². The SMILES string of the molecule is O=C1CCC(N2Cc3cccc(CN4CCC(C(O)C5CCNCC5)CC4)c3C2=O)C(=O)N1. The van der Waals surface area contributed by atoms with E-state index in [1.807, 2.05) is 18.2 Å². The Morgan fingerprint density at radius 2 is 1.73 bits per heavy atom. The van der Waals surface area contributed by atoms with E-state index in [0.717, 1.165) is 68.6 Å². The van der Waals surface area contributed by atoms with E-state index in [4.69, 9.17) is 0 Å². The molecule has 3 saturated heterocycles. The highest BCUT2D eigenvalue weighted by molar-refractivity contribution is 6.05. The topological polar surface area (TPSA) is 102 Å². The second kappa shape index (κ2) is 9.52. The molecule has 0 aromatic heterocycles. The molecule has 1 aromatic rings. The van der Waals surface area contributed by atoms with Gasteiger partial charge in [0.1, 0.15) is 6.04 Å². The van der Waals surface area contributed by atoms with Gasteiger partial charge < -0.3 is 15.3 Å². The molecule has 178 valence electrons. The Kier molecular flexibility index (Phi) is 6.49. The summed E-state index contributed by atoms with van der Waals surface area (Å²) in [5.74, 6) is 0.0241. The van der Waals surface area contributed by atoms with Crippen molar-refractivity contribution >= 4 is 17.7 Å². The van der Waals surface area contributed by atoms with Crippen molar-refractivity contribution in [3.63, 3.8) is 0 Å². The van der Waals surface area contributed by atoms with E-state index in [-0.39, 0.29) is 30.2 Å². The molecular formula is C25H34N4O4. The summed E-state index contributed by atoms with van der Waals surface area (Å²) in [7, 11) is 0. The molecule has 0 aliphatic carbocycles. The van der Waals surface area contributed by atoms with E-state index in [1.165, 1.54) is 0 Å². The van der Waals surface area contributed by atoms with Crippen LogP contribution in [0.3, 0.4) is 0 Å². The lowest BCUT2D eigenvalue weighted by atomic mass is 9.80. The third-order valence-electron chi connectivity index (χ3n) is 8.01. The summed E-state index contributed by atoms with van der Waals surface area (Å²) in [6.45, 7) is 4.96. The van der Waals surface area contributed by atoms with Crippen molar-refractivity contribution in [2.75, 3.05) is 26.2 Å². The molecule has 5 rings (SSSR count). The van der Waals surface area contributed by atoms with Crippen LogP contribution in [0, 0.1) is 11.8 Å². The van der Waals surface area contributed by atoms with E-state index in [2.05, 4.69) is 15.5 Å². The number of carbonyl (C=O) groups excluding carboxylic acids is 3. The maximum absolute atomic E-state index is 13.3. The van der Waals surface area contributed by atoms with E-state index >= 15 is 0 Å². The number of hydrogen-bond acceptors (Lipinski definition) is 6. The van der Waals surface area contributed by atoms with Crippen LogP contribution in [0.1, 0.15) is 60.0 Å². The number of hydrogen-bond donors (Lipinski definition) is 3. The van der Waals surface area contributed by atoms with Gasteiger partial charge in [-0.05, 0) is 81.2 Å². The van der Waals surface area contributed by atoms with Gasteiger partial charge in [0.2, 0.25) is 11.8 Å². The summed E-state index contributed by atoms with van der Waals surface area (Å²) in [5.41, 5.74) is 2.68. The highest BCUT2D eigenvalue weighted by Gasteiger charge is 2.40. The standard InChI is InChI=1S/C25H34N4O4/c30-21-5-4-20(24(32)27-21)29-15-19-3-1-2-18(22(19)25(29)33)14-28-12-8-17(9-13-28)23(31)16-6-10-26-11-7-16/h1-3,16-17,20,23,26,31H,4-15H2,(H,27,30,32). The van der Waals surface area contributed by atoms with Crippen molar-refractivity contribution in [1.29, 1.82) is 0 Å². The van der Waals surface area contributed by atoms with Crippen molar-refractivity contribution in [3.05, 3.63) is 34.9 Å². The minimum Gasteiger partial charge on any atom is -0.393 e. The number of piperidine rings is 3. The number of imide groups is 1. The molecule has 3 fully saturated rings. The quantitative estimate of drug-likeness (QED) is 0.575. The number of likely N-dealkylation sites (tertiary alicyclic amines) is 1. The number of benzene rings is 1. The average Bonchev–Trinajstić information content (AvgIpc) is 3.17. The van der Waals surface area contributed by atoms with Crippen molar-refractivity contribution in [1.82, 2.24) is 20.4 Å². The maximum atomic E-state index is 13.3. The first-order valence-corrected chi connectivity index (χ1v) is 12.4. The minimum absolute atomic E-state index is 0.105. The van der Waals surface area contributed by atoms with Gasteiger partial charge in [-0.15, -0.1) is 0 Å². The smallest absolute Gasteiger partial charge is 0.255 e. The number of rotatable bonds is 5. The fraction of sp³-hybridized carbons (Fsp3) is 0.640. The van der Waals surface area contributed by atoms with Crippen molar-refractivity contribution < 1.29 is 19.5 Å². The van der Waals surface area contributed by atoms with Gasteiger partial charge in [-0.25, -0.2) is 0 Å². The highest BCUT2D eigenvalue weighted by Crippen LogP contribution is 2.33. The van der Waals surface area contributed by atoms with E-state index < -0.39 is 6.04 Å². The lowest BCUT2D eigenvalue weighted by Gasteiger charge is -2.38. The van der Waals surface area contributed by atoms with Gasteiger partial charge in [-0.3, -0.25) is 24.6 Å². The lowest BCUT2D eigenvalue weighted by Crippen LogP contribution is -2.52. The molecule has 3 N–H and O–H groups in total. The molecule has 0 radical (unpaired) electrons. The molecule has 2 atom stereocenters. The van der Waals surface area contributed by atoms with Crippen molar-refractivity contribution in [2.45, 2.75) is 63.8 Å². The van der Waals surface area contributed by atoms with Crippen LogP contribution in [-0.4, -0.2) is 71.0 Å². The first-order valence-electron chi connectivity index (χ1n) is 12.4. The molecule has 4 heterocycles. The van der Waals surface area contributed by atoms with Gasteiger partial charge in [0.15, 0.2) is 0 Å². The van der Waals surface area contributed by atoms with Gasteiger partial charge in [0.25, 0.3) is 5.91 Å². The Bertz CT molecular complexity index is 921. The van der Waals surface area contributed by atoms with Crippen LogP contribution in [0.2, 0.25) is 0 Å². The summed E-state index contributed by atoms with van der Waals surface area (Å²) < 4.78 is 0. The highest BCUT2D eigenvalue weighted by atomic mass is 16.3. The van der Waals surface area contributed by atoms with Crippen LogP contribution < -0.4 is 10.6 Å². The fourth-order valence-corrected chi connectivity index (χ4v) is 6.09. The van der Waals surface area contributed by atoms with Crippen LogP contribution in [0.4, 0.5) is 0 Å². The zero-order chi connectivity index (χ0) is 22.9. The Morgan fingerprint density at radius 1 is 1.00 bits per heavy atom. The normalized spacial score (nSPS) is 26.4.